The first-order valence-corrected chi connectivity index (χ1v) is 7.07. The van der Waals surface area contributed by atoms with E-state index < -0.39 is 0 Å². The molecule has 1 saturated carbocycles. The Morgan fingerprint density at radius 1 is 1.19 bits per heavy atom. The lowest BCUT2D eigenvalue weighted by molar-refractivity contribution is 0.716. The van der Waals surface area contributed by atoms with Crippen LogP contribution in [-0.4, -0.2) is 11.3 Å². The maximum atomic E-state index is 6.08. The Morgan fingerprint density at radius 2 is 1.88 bits per heavy atom. The van der Waals surface area contributed by atoms with Crippen LogP contribution < -0.4 is 5.73 Å². The summed E-state index contributed by atoms with van der Waals surface area (Å²) in [6.07, 6.45) is 3.77. The lowest BCUT2D eigenvalue weighted by Crippen LogP contribution is -2.26. The van der Waals surface area contributed by atoms with Crippen molar-refractivity contribution < 1.29 is 0 Å². The first kappa shape index (κ1) is 12.0. The molecule has 2 atom stereocenters. The van der Waals surface area contributed by atoms with Gasteiger partial charge in [-0.3, -0.25) is 0 Å². The molecule has 1 aromatic carbocycles. The second-order valence-corrected chi connectivity index (χ2v) is 6.29. The summed E-state index contributed by atoms with van der Waals surface area (Å²) in [4.78, 5) is 1.37. The fourth-order valence-corrected chi connectivity index (χ4v) is 3.45. The molecule has 0 saturated heterocycles. The van der Waals surface area contributed by atoms with Gasteiger partial charge in [0.1, 0.15) is 0 Å². The summed E-state index contributed by atoms with van der Waals surface area (Å²) < 4.78 is 0. The molecule has 0 aliphatic heterocycles. The molecule has 2 unspecified atom stereocenters. The third-order valence-electron chi connectivity index (χ3n) is 3.34. The number of hydrogen-bond donors (Lipinski definition) is 1. The summed E-state index contributed by atoms with van der Waals surface area (Å²) in [6, 6.07) is 9.37. The first-order valence-electron chi connectivity index (χ1n) is 6.19. The fourth-order valence-electron chi connectivity index (χ4n) is 2.21. The summed E-state index contributed by atoms with van der Waals surface area (Å²) in [5.41, 5.74) is 7.50. The highest BCUT2D eigenvalue weighted by atomic mass is 32.2. The van der Waals surface area contributed by atoms with Gasteiger partial charge in [-0.25, -0.2) is 0 Å². The number of nitrogens with two attached hydrogens (primary N) is 1. The average molecular weight is 235 g/mol. The van der Waals surface area contributed by atoms with Crippen molar-refractivity contribution in [3.8, 4) is 0 Å². The van der Waals surface area contributed by atoms with Gasteiger partial charge in [0.05, 0.1) is 0 Å². The Morgan fingerprint density at radius 3 is 2.38 bits per heavy atom. The van der Waals surface area contributed by atoms with Gasteiger partial charge in [0.2, 0.25) is 0 Å². The Balaban J connectivity index is 1.99. The first-order chi connectivity index (χ1) is 7.66. The van der Waals surface area contributed by atoms with Gasteiger partial charge >= 0.3 is 0 Å². The third-order valence-corrected chi connectivity index (χ3v) is 4.77. The van der Waals surface area contributed by atoms with Crippen molar-refractivity contribution in [2.75, 3.05) is 0 Å². The van der Waals surface area contributed by atoms with Crippen LogP contribution >= 0.6 is 11.8 Å². The Kier molecular flexibility index (Phi) is 3.93. The molecule has 0 amide bonds. The zero-order chi connectivity index (χ0) is 11.5. The van der Waals surface area contributed by atoms with E-state index in [4.69, 9.17) is 5.73 Å². The normalized spacial score (nSPS) is 25.2. The van der Waals surface area contributed by atoms with E-state index in [-0.39, 0.29) is 0 Å². The minimum atomic E-state index is 0.398. The molecule has 1 aromatic rings. The van der Waals surface area contributed by atoms with Crippen LogP contribution in [-0.2, 0) is 0 Å². The molecule has 0 radical (unpaired) electrons. The Hall–Kier alpha value is -0.470. The predicted molar refractivity (Wildman–Crippen MR) is 72.0 cm³/mol. The van der Waals surface area contributed by atoms with Crippen LogP contribution in [0, 0.1) is 0 Å². The van der Waals surface area contributed by atoms with Crippen LogP contribution in [0.1, 0.15) is 44.6 Å². The molecule has 1 aliphatic carbocycles. The molecule has 2 N–H and O–H groups in total. The van der Waals surface area contributed by atoms with Gasteiger partial charge in [0.15, 0.2) is 0 Å². The standard InChI is InChI=1S/C14H21NS/c1-10(2)11-6-8-12(9-7-11)16-14-5-3-4-13(14)15/h6-10,13-14H,3-5,15H2,1-2H3. The van der Waals surface area contributed by atoms with E-state index in [0.29, 0.717) is 17.2 Å². The second kappa shape index (κ2) is 5.24. The van der Waals surface area contributed by atoms with E-state index in [1.54, 1.807) is 0 Å². The van der Waals surface area contributed by atoms with E-state index in [1.807, 2.05) is 11.8 Å². The van der Waals surface area contributed by atoms with Crippen LogP contribution in [0.15, 0.2) is 29.2 Å². The highest BCUT2D eigenvalue weighted by Gasteiger charge is 2.24. The van der Waals surface area contributed by atoms with Gasteiger partial charge in [-0.2, -0.15) is 0 Å². The lowest BCUT2D eigenvalue weighted by Gasteiger charge is -2.15. The topological polar surface area (TPSA) is 26.0 Å². The van der Waals surface area contributed by atoms with Crippen LogP contribution in [0.3, 0.4) is 0 Å². The monoisotopic (exact) mass is 235 g/mol. The van der Waals surface area contributed by atoms with Gasteiger partial charge in [-0.1, -0.05) is 32.4 Å². The van der Waals surface area contributed by atoms with Crippen molar-refractivity contribution in [1.29, 1.82) is 0 Å². The maximum Gasteiger partial charge on any atom is 0.0246 e. The molecule has 0 spiro atoms. The van der Waals surface area contributed by atoms with Crippen LogP contribution in [0.5, 0.6) is 0 Å². The van der Waals surface area contributed by atoms with Gasteiger partial charge in [-0.05, 0) is 36.5 Å². The second-order valence-electron chi connectivity index (χ2n) is 4.97. The van der Waals surface area contributed by atoms with E-state index in [2.05, 4.69) is 38.1 Å². The smallest absolute Gasteiger partial charge is 0.0246 e. The van der Waals surface area contributed by atoms with E-state index in [0.717, 1.165) is 0 Å². The number of rotatable bonds is 3. The molecule has 88 valence electrons. The van der Waals surface area contributed by atoms with Gasteiger partial charge < -0.3 is 5.73 Å². The minimum Gasteiger partial charge on any atom is -0.327 e. The number of thioether (sulfide) groups is 1. The SMILES string of the molecule is CC(C)c1ccc(SC2CCCC2N)cc1. The molecule has 0 bridgehead atoms. The predicted octanol–water partition coefficient (Wildman–Crippen LogP) is 3.78. The molecular weight excluding hydrogens is 214 g/mol. The average Bonchev–Trinajstić information content (AvgIpc) is 2.65. The molecule has 0 heterocycles. The third kappa shape index (κ3) is 2.80. The quantitative estimate of drug-likeness (QED) is 0.862. The molecule has 0 aromatic heterocycles. The van der Waals surface area contributed by atoms with Crippen molar-refractivity contribution in [3.63, 3.8) is 0 Å². The van der Waals surface area contributed by atoms with Crippen molar-refractivity contribution in [1.82, 2.24) is 0 Å². The maximum absolute atomic E-state index is 6.08. The van der Waals surface area contributed by atoms with Crippen molar-refractivity contribution in [2.45, 2.75) is 55.2 Å². The van der Waals surface area contributed by atoms with Crippen molar-refractivity contribution in [2.24, 2.45) is 5.73 Å². The Bertz CT molecular complexity index is 331. The van der Waals surface area contributed by atoms with Gasteiger partial charge in [-0.15, -0.1) is 11.8 Å². The number of benzene rings is 1. The highest BCUT2D eigenvalue weighted by molar-refractivity contribution is 8.00. The summed E-state index contributed by atoms with van der Waals surface area (Å²) in [6.45, 7) is 4.46. The summed E-state index contributed by atoms with van der Waals surface area (Å²) >= 11 is 1.95. The molecule has 1 aliphatic rings. The summed E-state index contributed by atoms with van der Waals surface area (Å²) in [5.74, 6) is 0.618. The lowest BCUT2D eigenvalue weighted by atomic mass is 10.0. The highest BCUT2D eigenvalue weighted by Crippen LogP contribution is 2.34. The van der Waals surface area contributed by atoms with Gasteiger partial charge in [0.25, 0.3) is 0 Å². The van der Waals surface area contributed by atoms with E-state index in [9.17, 15) is 0 Å². The van der Waals surface area contributed by atoms with Crippen molar-refractivity contribution in [3.05, 3.63) is 29.8 Å². The molecule has 2 heteroatoms. The fraction of sp³-hybridized carbons (Fsp3) is 0.571. The van der Waals surface area contributed by atoms with E-state index >= 15 is 0 Å². The largest absolute Gasteiger partial charge is 0.327 e. The molecule has 16 heavy (non-hydrogen) atoms. The van der Waals surface area contributed by atoms with Crippen LogP contribution in [0.2, 0.25) is 0 Å². The molecule has 2 rings (SSSR count). The van der Waals surface area contributed by atoms with Crippen LogP contribution in [0.25, 0.3) is 0 Å². The van der Waals surface area contributed by atoms with E-state index in [1.165, 1.54) is 29.7 Å². The Labute approximate surface area is 103 Å². The minimum absolute atomic E-state index is 0.398. The van der Waals surface area contributed by atoms with Crippen molar-refractivity contribution >= 4 is 11.8 Å². The summed E-state index contributed by atoms with van der Waals surface area (Å²) in [7, 11) is 0. The van der Waals surface area contributed by atoms with Crippen LogP contribution in [0.4, 0.5) is 0 Å². The van der Waals surface area contributed by atoms with Gasteiger partial charge in [0, 0.05) is 16.2 Å². The zero-order valence-corrected chi connectivity index (χ0v) is 11.0. The molecule has 1 fully saturated rings. The summed E-state index contributed by atoms with van der Waals surface area (Å²) in [5, 5.41) is 0.630. The molecular formula is C14H21NS. The number of hydrogen-bond acceptors (Lipinski definition) is 2. The zero-order valence-electron chi connectivity index (χ0n) is 10.1. The molecule has 1 nitrogen and oxygen atoms in total.